The lowest BCUT2D eigenvalue weighted by molar-refractivity contribution is -0.121. The number of aromatic nitrogens is 1. The first-order chi connectivity index (χ1) is 13.9. The van der Waals surface area contributed by atoms with E-state index in [1.807, 2.05) is 48.1 Å². The Kier molecular flexibility index (Phi) is 5.84. The van der Waals surface area contributed by atoms with Crippen LogP contribution in [0.5, 0.6) is 0 Å². The maximum absolute atomic E-state index is 12.9. The highest BCUT2D eigenvalue weighted by atomic mass is 35.5. The molecule has 6 nitrogen and oxygen atoms in total. The number of rotatable bonds is 6. The van der Waals surface area contributed by atoms with Crippen molar-refractivity contribution in [2.24, 2.45) is 7.05 Å². The number of nitrogens with zero attached hydrogens (tertiary/aromatic N) is 1. The van der Waals surface area contributed by atoms with Gasteiger partial charge in [-0.05, 0) is 36.8 Å². The Morgan fingerprint density at radius 1 is 1.17 bits per heavy atom. The fourth-order valence-electron chi connectivity index (χ4n) is 3.43. The molecule has 148 valence electrons. The van der Waals surface area contributed by atoms with Gasteiger partial charge in [0.2, 0.25) is 6.41 Å². The third kappa shape index (κ3) is 3.79. The average Bonchev–Trinajstić information content (AvgIpc) is 3.03. The largest absolute Gasteiger partial charge is 0.388 e. The van der Waals surface area contributed by atoms with Crippen LogP contribution < -0.4 is 10.6 Å². The summed E-state index contributed by atoms with van der Waals surface area (Å²) in [5.74, 6) is -0.573. The lowest BCUT2D eigenvalue weighted by Crippen LogP contribution is -2.24. The minimum absolute atomic E-state index is 0.185. The topological polar surface area (TPSA) is 87.0 Å². The predicted octanol–water partition coefficient (Wildman–Crippen LogP) is 3.99. The van der Waals surface area contributed by atoms with E-state index in [-0.39, 0.29) is 11.3 Å². The van der Waals surface area contributed by atoms with E-state index in [4.69, 9.17) is 17.0 Å². The maximum atomic E-state index is 12.9. The molecule has 3 aromatic rings. The van der Waals surface area contributed by atoms with E-state index >= 15 is 0 Å². The van der Waals surface area contributed by atoms with Crippen LogP contribution >= 0.6 is 11.6 Å². The molecule has 3 rings (SSSR count). The summed E-state index contributed by atoms with van der Waals surface area (Å²) in [5.41, 5.74) is 3.80. The van der Waals surface area contributed by atoms with Crippen LogP contribution in [0, 0.1) is 5.41 Å². The molecule has 2 aromatic carbocycles. The van der Waals surface area contributed by atoms with Gasteiger partial charge in [-0.3, -0.25) is 20.3 Å². The van der Waals surface area contributed by atoms with Gasteiger partial charge < -0.3 is 9.88 Å². The molecule has 0 unspecified atom stereocenters. The Balaban J connectivity index is 2.28. The van der Waals surface area contributed by atoms with Crippen molar-refractivity contribution in [3.63, 3.8) is 0 Å². The lowest BCUT2D eigenvalue weighted by Gasteiger charge is -2.14. The molecule has 1 aromatic heterocycles. The molecule has 0 fully saturated rings. The monoisotopic (exact) mass is 408 g/mol. The summed E-state index contributed by atoms with van der Waals surface area (Å²) >= 11 is 6.19. The number of halogens is 1. The second-order valence-corrected chi connectivity index (χ2v) is 7.01. The van der Waals surface area contributed by atoms with Gasteiger partial charge in [0.05, 0.1) is 11.3 Å². The molecule has 2 amide bonds. The summed E-state index contributed by atoms with van der Waals surface area (Å²) in [6.07, 6.45) is 2.15. The third-order valence-corrected chi connectivity index (χ3v) is 5.09. The number of para-hydroxylation sites is 1. The Hall–Kier alpha value is -3.38. The molecule has 1 heterocycles. The number of aryl methyl sites for hydroxylation is 1. The zero-order chi connectivity index (χ0) is 21.1. The minimum atomic E-state index is -0.573. The van der Waals surface area contributed by atoms with Crippen molar-refractivity contribution in [2.75, 3.05) is 12.4 Å². The first kappa shape index (κ1) is 20.4. The van der Waals surface area contributed by atoms with Crippen molar-refractivity contribution >= 4 is 51.8 Å². The second kappa shape index (κ2) is 8.32. The Labute approximate surface area is 173 Å². The van der Waals surface area contributed by atoms with Gasteiger partial charge in [0.1, 0.15) is 0 Å². The van der Waals surface area contributed by atoms with Gasteiger partial charge in [-0.1, -0.05) is 29.8 Å². The van der Waals surface area contributed by atoms with Gasteiger partial charge >= 0.3 is 0 Å². The number of anilines is 1. The zero-order valence-corrected chi connectivity index (χ0v) is 17.1. The number of hydrogen-bond donors (Lipinski definition) is 3. The molecule has 0 spiro atoms. The molecule has 0 saturated heterocycles. The molecule has 0 aliphatic rings. The minimum Gasteiger partial charge on any atom is -0.388 e. The molecule has 0 radical (unpaired) electrons. The van der Waals surface area contributed by atoms with Crippen LogP contribution in [-0.2, 0) is 16.6 Å². The number of imide groups is 1. The molecule has 0 aliphatic heterocycles. The third-order valence-electron chi connectivity index (χ3n) is 4.85. The molecule has 3 N–H and O–H groups in total. The summed E-state index contributed by atoms with van der Waals surface area (Å²) in [7, 11) is 3.64. The van der Waals surface area contributed by atoms with Crippen molar-refractivity contribution < 1.29 is 9.59 Å². The second-order valence-electron chi connectivity index (χ2n) is 6.58. The van der Waals surface area contributed by atoms with E-state index < -0.39 is 5.91 Å². The first-order valence-electron chi connectivity index (χ1n) is 8.95. The van der Waals surface area contributed by atoms with Crippen molar-refractivity contribution in [1.29, 1.82) is 5.41 Å². The number of benzene rings is 2. The summed E-state index contributed by atoms with van der Waals surface area (Å²) in [5, 5.41) is 15.3. The normalized spacial score (nSPS) is 11.7. The van der Waals surface area contributed by atoms with Crippen LogP contribution in [0.15, 0.2) is 54.2 Å². The van der Waals surface area contributed by atoms with Crippen molar-refractivity contribution in [3.05, 3.63) is 70.4 Å². The SMILES string of the molecule is CNc1ccccc1C(=N)/C(C)=C(/C(=O)NC=O)c1cn(C)c2ccc(Cl)cc12. The summed E-state index contributed by atoms with van der Waals surface area (Å²) in [4.78, 5) is 23.9. The van der Waals surface area contributed by atoms with Crippen molar-refractivity contribution in [1.82, 2.24) is 9.88 Å². The molecule has 0 atom stereocenters. The van der Waals surface area contributed by atoms with E-state index in [0.717, 1.165) is 16.6 Å². The standard InChI is InChI=1S/C22H21ClN4O2/c1-13(21(24)15-6-4-5-7-18(15)25-2)20(22(29)26-12-28)17-11-27(3)19-9-8-14(23)10-16(17)19/h4-12,24-25H,1-3H3,(H,26,28,29)/b20-13+,24-21?. The first-order valence-corrected chi connectivity index (χ1v) is 9.33. The predicted molar refractivity (Wildman–Crippen MR) is 118 cm³/mol. The van der Waals surface area contributed by atoms with E-state index in [1.54, 1.807) is 26.1 Å². The van der Waals surface area contributed by atoms with Crippen LogP contribution in [-0.4, -0.2) is 29.6 Å². The van der Waals surface area contributed by atoms with Gasteiger partial charge in [0.25, 0.3) is 5.91 Å². The molecular weight excluding hydrogens is 388 g/mol. The van der Waals surface area contributed by atoms with Gasteiger partial charge in [-0.2, -0.15) is 0 Å². The molecular formula is C22H21ClN4O2. The number of hydrogen-bond acceptors (Lipinski definition) is 4. The molecule has 0 bridgehead atoms. The van der Waals surface area contributed by atoms with Gasteiger partial charge in [-0.15, -0.1) is 0 Å². The quantitative estimate of drug-likeness (QED) is 0.327. The van der Waals surface area contributed by atoms with Crippen LogP contribution in [0.3, 0.4) is 0 Å². The molecule has 0 aliphatic carbocycles. The van der Waals surface area contributed by atoms with E-state index in [9.17, 15) is 9.59 Å². The average molecular weight is 409 g/mol. The lowest BCUT2D eigenvalue weighted by atomic mass is 9.93. The Morgan fingerprint density at radius 2 is 1.90 bits per heavy atom. The number of carbonyl (C=O) groups excluding carboxylic acids is 2. The Bertz CT molecular complexity index is 1160. The Morgan fingerprint density at radius 3 is 2.59 bits per heavy atom. The number of fused-ring (bicyclic) bond motifs is 1. The fraction of sp³-hybridized carbons (Fsp3) is 0.136. The number of carbonyl (C=O) groups is 2. The molecule has 29 heavy (non-hydrogen) atoms. The fourth-order valence-corrected chi connectivity index (χ4v) is 3.60. The van der Waals surface area contributed by atoms with E-state index in [1.165, 1.54) is 0 Å². The zero-order valence-electron chi connectivity index (χ0n) is 16.3. The van der Waals surface area contributed by atoms with Crippen molar-refractivity contribution in [2.45, 2.75) is 6.92 Å². The van der Waals surface area contributed by atoms with Crippen molar-refractivity contribution in [3.8, 4) is 0 Å². The number of amides is 2. The number of nitrogens with one attached hydrogen (secondary N) is 3. The molecule has 0 saturated carbocycles. The van der Waals surface area contributed by atoms with E-state index in [0.29, 0.717) is 28.1 Å². The van der Waals surface area contributed by atoms with Gasteiger partial charge in [0.15, 0.2) is 0 Å². The highest BCUT2D eigenvalue weighted by Gasteiger charge is 2.23. The number of allylic oxidation sites excluding steroid dienone is 1. The summed E-state index contributed by atoms with van der Waals surface area (Å²) in [6.45, 7) is 1.71. The van der Waals surface area contributed by atoms with Crippen LogP contribution in [0.25, 0.3) is 16.5 Å². The highest BCUT2D eigenvalue weighted by Crippen LogP contribution is 2.32. The van der Waals surface area contributed by atoms with Crippen LogP contribution in [0.2, 0.25) is 5.02 Å². The van der Waals surface area contributed by atoms with E-state index in [2.05, 4.69) is 10.6 Å². The summed E-state index contributed by atoms with van der Waals surface area (Å²) in [6, 6.07) is 12.8. The van der Waals surface area contributed by atoms with Gasteiger partial charge in [0, 0.05) is 53.0 Å². The van der Waals surface area contributed by atoms with Gasteiger partial charge in [-0.25, -0.2) is 0 Å². The van der Waals surface area contributed by atoms with Crippen LogP contribution in [0.4, 0.5) is 5.69 Å². The molecule has 7 heteroatoms. The van der Waals surface area contributed by atoms with Crippen LogP contribution in [0.1, 0.15) is 18.1 Å². The smallest absolute Gasteiger partial charge is 0.258 e. The summed E-state index contributed by atoms with van der Waals surface area (Å²) < 4.78 is 1.88. The highest BCUT2D eigenvalue weighted by molar-refractivity contribution is 6.34. The maximum Gasteiger partial charge on any atom is 0.258 e.